The van der Waals surface area contributed by atoms with Crippen molar-refractivity contribution in [3.05, 3.63) is 55.9 Å². The van der Waals surface area contributed by atoms with E-state index >= 15 is 0 Å². The molecule has 3 heterocycles. The molecule has 3 rings (SSSR count). The van der Waals surface area contributed by atoms with Crippen LogP contribution in [-0.4, -0.2) is 20.7 Å². The van der Waals surface area contributed by atoms with Crippen molar-refractivity contribution in [2.45, 2.75) is 45.7 Å². The third-order valence-electron chi connectivity index (χ3n) is 4.18. The van der Waals surface area contributed by atoms with Gasteiger partial charge in [-0.2, -0.15) is 16.4 Å². The number of aryl methyl sites for hydroxylation is 2. The number of rotatable bonds is 7. The summed E-state index contributed by atoms with van der Waals surface area (Å²) in [4.78, 5) is 17.3. The number of carbonyl (C=O) groups is 1. The lowest BCUT2D eigenvalue weighted by atomic mass is 10.1. The number of halogens is 2. The smallest absolute Gasteiger partial charge is 0.282 e. The molecule has 1 N–H and O–H groups in total. The first-order chi connectivity index (χ1) is 12.8. The van der Waals surface area contributed by atoms with Crippen LogP contribution in [0.5, 0.6) is 0 Å². The van der Waals surface area contributed by atoms with Gasteiger partial charge in [0.1, 0.15) is 16.7 Å². The predicted octanol–water partition coefficient (Wildman–Crippen LogP) is 4.62. The summed E-state index contributed by atoms with van der Waals surface area (Å²) in [5.41, 5.74) is 2.21. The summed E-state index contributed by atoms with van der Waals surface area (Å²) in [6.07, 6.45) is -2.04. The average molecular weight is 411 g/mol. The molecule has 0 aliphatic carbocycles. The monoisotopic (exact) mass is 410 g/mol. The van der Waals surface area contributed by atoms with Gasteiger partial charge in [-0.3, -0.25) is 9.48 Å². The van der Waals surface area contributed by atoms with Crippen LogP contribution in [0.2, 0.25) is 0 Å². The van der Waals surface area contributed by atoms with Crippen LogP contribution in [0.25, 0.3) is 0 Å². The van der Waals surface area contributed by atoms with Gasteiger partial charge in [0.25, 0.3) is 6.43 Å². The number of alkyl halides is 2. The number of thiazole rings is 1. The number of thiophene rings is 1. The van der Waals surface area contributed by atoms with Crippen molar-refractivity contribution in [3.63, 3.8) is 0 Å². The molecular weight excluding hydrogens is 390 g/mol. The highest BCUT2D eigenvalue weighted by Gasteiger charge is 2.25. The number of nitrogens with one attached hydrogen (secondary N) is 1. The van der Waals surface area contributed by atoms with Crippen LogP contribution in [0.3, 0.4) is 0 Å². The largest absolute Gasteiger partial charge is 0.345 e. The van der Waals surface area contributed by atoms with Crippen molar-refractivity contribution >= 4 is 28.6 Å². The highest BCUT2D eigenvalue weighted by Crippen LogP contribution is 2.25. The van der Waals surface area contributed by atoms with Crippen LogP contribution in [0.4, 0.5) is 8.78 Å². The fourth-order valence-corrected chi connectivity index (χ4v) is 4.32. The van der Waals surface area contributed by atoms with Crippen LogP contribution in [0, 0.1) is 13.8 Å². The summed E-state index contributed by atoms with van der Waals surface area (Å²) in [5.74, 6) is -0.282. The van der Waals surface area contributed by atoms with Crippen LogP contribution in [0.15, 0.2) is 28.3 Å². The molecule has 0 spiro atoms. The number of hydrogen-bond acceptors (Lipinski definition) is 5. The third kappa shape index (κ3) is 4.59. The summed E-state index contributed by atoms with van der Waals surface area (Å²) >= 11 is 3.09. The van der Waals surface area contributed by atoms with Gasteiger partial charge in [0.05, 0.1) is 6.04 Å². The summed E-state index contributed by atoms with van der Waals surface area (Å²) in [7, 11) is 0. The molecule has 144 valence electrons. The molecule has 0 saturated heterocycles. The van der Waals surface area contributed by atoms with E-state index < -0.39 is 12.5 Å². The molecule has 27 heavy (non-hydrogen) atoms. The Morgan fingerprint density at radius 2 is 2.11 bits per heavy atom. The molecule has 9 heteroatoms. The Kier molecular flexibility index (Phi) is 6.01. The summed E-state index contributed by atoms with van der Waals surface area (Å²) in [6, 6.07) is 2.34. The minimum Gasteiger partial charge on any atom is -0.345 e. The molecule has 0 fully saturated rings. The Hall–Kier alpha value is -2.13. The van der Waals surface area contributed by atoms with Crippen molar-refractivity contribution < 1.29 is 13.6 Å². The number of hydrogen-bond donors (Lipinski definition) is 1. The third-order valence-corrected chi connectivity index (χ3v) is 5.99. The van der Waals surface area contributed by atoms with E-state index in [4.69, 9.17) is 0 Å². The zero-order valence-corrected chi connectivity index (χ0v) is 16.8. The van der Waals surface area contributed by atoms with Crippen LogP contribution >= 0.6 is 22.7 Å². The Morgan fingerprint density at radius 3 is 2.67 bits per heavy atom. The van der Waals surface area contributed by atoms with Gasteiger partial charge >= 0.3 is 0 Å². The lowest BCUT2D eigenvalue weighted by molar-refractivity contribution is -0.125. The second-order valence-corrected chi connectivity index (χ2v) is 8.03. The average Bonchev–Trinajstić information content (AvgIpc) is 3.35. The first kappa shape index (κ1) is 19.6. The molecule has 0 aliphatic rings. The Morgan fingerprint density at radius 1 is 1.33 bits per heavy atom. The second-order valence-electron chi connectivity index (χ2n) is 6.36. The molecule has 0 unspecified atom stereocenters. The summed E-state index contributed by atoms with van der Waals surface area (Å²) in [6.45, 7) is 5.22. The maximum atomic E-state index is 12.9. The number of aromatic nitrogens is 3. The van der Waals surface area contributed by atoms with Gasteiger partial charge in [0.2, 0.25) is 5.91 Å². The molecule has 3 aromatic rings. The van der Waals surface area contributed by atoms with Crippen LogP contribution in [0.1, 0.15) is 53.1 Å². The van der Waals surface area contributed by atoms with Crippen molar-refractivity contribution in [3.8, 4) is 0 Å². The molecular formula is C18H20F2N4OS2. The molecule has 0 aliphatic heterocycles. The lowest BCUT2D eigenvalue weighted by Gasteiger charge is -2.20. The van der Waals surface area contributed by atoms with E-state index in [2.05, 4.69) is 15.4 Å². The van der Waals surface area contributed by atoms with Gasteiger partial charge in [-0.15, -0.1) is 11.3 Å². The van der Waals surface area contributed by atoms with Gasteiger partial charge in [-0.1, -0.05) is 0 Å². The second kappa shape index (κ2) is 8.26. The molecule has 1 amide bonds. The van der Waals surface area contributed by atoms with Crippen molar-refractivity contribution in [2.75, 3.05) is 0 Å². The summed E-state index contributed by atoms with van der Waals surface area (Å²) in [5, 5.41) is 13.7. The normalized spacial score (nSPS) is 13.7. The zero-order valence-electron chi connectivity index (χ0n) is 15.1. The quantitative estimate of drug-likeness (QED) is 0.618. The Labute approximate surface area is 164 Å². The fourth-order valence-electron chi connectivity index (χ4n) is 2.79. The van der Waals surface area contributed by atoms with E-state index in [0.717, 1.165) is 16.3 Å². The first-order valence-corrected chi connectivity index (χ1v) is 10.2. The number of nitrogens with zero attached hydrogens (tertiary/aromatic N) is 3. The topological polar surface area (TPSA) is 59.8 Å². The predicted molar refractivity (Wildman–Crippen MR) is 102 cm³/mol. The maximum Gasteiger partial charge on any atom is 0.282 e. The van der Waals surface area contributed by atoms with E-state index in [-0.39, 0.29) is 17.6 Å². The van der Waals surface area contributed by atoms with Crippen molar-refractivity contribution in [1.82, 2.24) is 20.1 Å². The maximum absolute atomic E-state index is 12.9. The van der Waals surface area contributed by atoms with Gasteiger partial charge in [0.15, 0.2) is 0 Å². The van der Waals surface area contributed by atoms with Crippen LogP contribution < -0.4 is 5.32 Å². The minimum atomic E-state index is -2.66. The van der Waals surface area contributed by atoms with E-state index in [1.807, 2.05) is 29.1 Å². The SMILES string of the molecule is Cc1csc([C@@H](Cc2ccsc2)NC(=O)[C@H](C)n2nc(C(F)F)cc2C)n1. The van der Waals surface area contributed by atoms with Gasteiger partial charge in [-0.25, -0.2) is 13.8 Å². The molecule has 0 bridgehead atoms. The molecule has 5 nitrogen and oxygen atoms in total. The van der Waals surface area contributed by atoms with Gasteiger partial charge in [0, 0.05) is 23.2 Å². The fraction of sp³-hybridized carbons (Fsp3) is 0.389. The van der Waals surface area contributed by atoms with Gasteiger partial charge in [-0.05, 0) is 49.2 Å². The summed E-state index contributed by atoms with van der Waals surface area (Å²) < 4.78 is 27.1. The number of carbonyl (C=O) groups excluding carboxylic acids is 1. The standard InChI is InChI=1S/C18H20F2N4OS2/c1-10-8-27-18(21-10)15(7-13-4-5-26-9-13)22-17(25)12(3)24-11(2)6-14(23-24)16(19)20/h4-6,8-9,12,15-16H,7H2,1-3H3,(H,22,25)/t12-,15+/m0/s1. The highest BCUT2D eigenvalue weighted by molar-refractivity contribution is 7.09. The van der Waals surface area contributed by atoms with E-state index in [1.165, 1.54) is 22.1 Å². The molecule has 0 aromatic carbocycles. The van der Waals surface area contributed by atoms with E-state index in [0.29, 0.717) is 12.1 Å². The van der Waals surface area contributed by atoms with Crippen molar-refractivity contribution in [1.29, 1.82) is 0 Å². The Balaban J connectivity index is 1.79. The Bertz CT molecular complexity index is 905. The first-order valence-electron chi connectivity index (χ1n) is 8.42. The minimum absolute atomic E-state index is 0.279. The highest BCUT2D eigenvalue weighted by atomic mass is 32.1. The number of amides is 1. The molecule has 0 radical (unpaired) electrons. The molecule has 0 saturated carbocycles. The zero-order chi connectivity index (χ0) is 19.6. The lowest BCUT2D eigenvalue weighted by Crippen LogP contribution is -2.35. The van der Waals surface area contributed by atoms with Crippen molar-refractivity contribution in [2.24, 2.45) is 0 Å². The van der Waals surface area contributed by atoms with Gasteiger partial charge < -0.3 is 5.32 Å². The van der Waals surface area contributed by atoms with E-state index in [9.17, 15) is 13.6 Å². The molecule has 2 atom stereocenters. The van der Waals surface area contributed by atoms with E-state index in [1.54, 1.807) is 25.2 Å². The molecule has 3 aromatic heterocycles. The van der Waals surface area contributed by atoms with Crippen LogP contribution in [-0.2, 0) is 11.2 Å².